The molecule has 6 aromatic carbocycles. The molecule has 4 fully saturated rings. The van der Waals surface area contributed by atoms with Crippen LogP contribution in [0.1, 0.15) is 95.6 Å². The molecular weight excluding hydrogens is 1280 g/mol. The molecule has 6 aromatic rings. The van der Waals surface area contributed by atoms with Crippen molar-refractivity contribution in [2.24, 2.45) is 0 Å². The Bertz CT molecular complexity index is 3430. The lowest BCUT2D eigenvalue weighted by Gasteiger charge is -2.47. The molecule has 4 heterocycles. The van der Waals surface area contributed by atoms with Gasteiger partial charge in [0.25, 0.3) is 11.8 Å². The number of hydrogen-bond acceptors (Lipinski definition) is 12. The van der Waals surface area contributed by atoms with Gasteiger partial charge in [-0.3, -0.25) is 29.2 Å². The molecule has 10 rings (SSSR count). The lowest BCUT2D eigenvalue weighted by molar-refractivity contribution is -0.920. The molecule has 0 bridgehead atoms. The third-order valence-electron chi connectivity index (χ3n) is 18.9. The molecule has 4 N–H and O–H groups in total. The van der Waals surface area contributed by atoms with Crippen LogP contribution in [-0.4, -0.2) is 195 Å². The Morgan fingerprint density at radius 2 is 0.806 bits per heavy atom. The maximum atomic E-state index is 15.0. The number of piperazine rings is 4. The number of amides is 2. The Balaban J connectivity index is 0.000000231. The lowest BCUT2D eigenvalue weighted by atomic mass is 10.00. The number of quaternary nitrogens is 2. The van der Waals surface area contributed by atoms with Gasteiger partial charge < -0.3 is 50.0 Å². The topological polar surface area (TPSA) is 175 Å². The molecular formula is C74H94F8N10O6. The number of carbonyl (C=O) groups excluding carboxylic acids is 4. The van der Waals surface area contributed by atoms with Crippen LogP contribution < -0.4 is 31.5 Å². The summed E-state index contributed by atoms with van der Waals surface area (Å²) in [7, 11) is 9.22. The summed E-state index contributed by atoms with van der Waals surface area (Å²) in [6.45, 7) is 28.0. The summed E-state index contributed by atoms with van der Waals surface area (Å²) < 4.78 is 95.1. The van der Waals surface area contributed by atoms with Gasteiger partial charge in [0.05, 0.1) is 78.5 Å². The molecule has 4 saturated heterocycles. The fourth-order valence-electron chi connectivity index (χ4n) is 12.8. The first-order chi connectivity index (χ1) is 46.0. The number of carbonyl (C=O) groups is 4. The minimum absolute atomic E-state index is 0.118. The summed E-state index contributed by atoms with van der Waals surface area (Å²) in [5.41, 5.74) is 10.5. The summed E-state index contributed by atoms with van der Waals surface area (Å²) in [6.07, 6.45) is -10.4. The van der Waals surface area contributed by atoms with E-state index in [1.165, 1.54) is 23.3 Å². The van der Waals surface area contributed by atoms with Crippen molar-refractivity contribution < 1.29 is 73.5 Å². The fraction of sp³-hybridized carbons (Fsp3) is 0.459. The van der Waals surface area contributed by atoms with Crippen molar-refractivity contribution in [2.75, 3.05) is 93.6 Å². The second-order valence-electron chi connectivity index (χ2n) is 27.7. The van der Waals surface area contributed by atoms with Crippen LogP contribution in [0.3, 0.4) is 0 Å². The molecule has 0 unspecified atom stereocenters. The van der Waals surface area contributed by atoms with Crippen LogP contribution in [0.25, 0.3) is 22.3 Å². The van der Waals surface area contributed by atoms with Crippen LogP contribution in [0.5, 0.6) is 0 Å². The van der Waals surface area contributed by atoms with Gasteiger partial charge in [-0.25, -0.2) is 8.78 Å². The van der Waals surface area contributed by atoms with E-state index in [1.54, 1.807) is 12.1 Å². The second-order valence-corrected chi connectivity index (χ2v) is 27.7. The number of likely N-dealkylation sites (N-methyl/N-ethyl adjacent to an activating group) is 2. The number of alkyl halides is 6. The molecule has 2 amide bonds. The predicted octanol–water partition coefficient (Wildman–Crippen LogP) is 8.37. The van der Waals surface area contributed by atoms with Gasteiger partial charge in [-0.1, -0.05) is 72.8 Å². The number of rotatable bonds is 16. The predicted molar refractivity (Wildman–Crippen MR) is 359 cm³/mol. The van der Waals surface area contributed by atoms with Gasteiger partial charge in [-0.2, -0.15) is 26.3 Å². The Labute approximate surface area is 570 Å². The van der Waals surface area contributed by atoms with E-state index in [1.807, 2.05) is 72.8 Å². The normalized spacial score (nSPS) is 21.4. The standard InChI is InChI=1S/2C35H46FN5O.2C2HF3O2/c2*1-25-20-39(15-14-37-25)22-29-8-6-10-31(16-29)33-18-28(12-13-34(33)36)19-38-35(42)32-11-7-9-30(17-32)23-40-21-27(3)41(4,5)24-26(40)2;2*3-2(4,5)1(6)7/h2*6-13,16-18,25-27,37H,14-15,19-24H2,1-5H3;2*(H,6,7)/t2*25-,26-,27+;;/m00../s1. The van der Waals surface area contributed by atoms with Gasteiger partial charge in [0.2, 0.25) is 0 Å². The maximum Gasteiger partial charge on any atom is 0.430 e. The zero-order valence-corrected chi connectivity index (χ0v) is 57.6. The lowest BCUT2D eigenvalue weighted by Crippen LogP contribution is -2.63. The Hall–Kier alpha value is -7.68. The number of aliphatic carboxylic acids is 2. The Morgan fingerprint density at radius 3 is 1.14 bits per heavy atom. The number of hydrogen-bond donors (Lipinski definition) is 4. The van der Waals surface area contributed by atoms with Crippen LogP contribution >= 0.6 is 0 Å². The van der Waals surface area contributed by atoms with Crippen LogP contribution in [0.2, 0.25) is 0 Å². The number of nitrogens with zero attached hydrogens (tertiary/aromatic N) is 6. The molecule has 0 spiro atoms. The third-order valence-corrected chi connectivity index (χ3v) is 18.9. The molecule has 4 aliphatic heterocycles. The molecule has 0 aliphatic carbocycles. The zero-order chi connectivity index (χ0) is 71.9. The molecule has 6 atom stereocenters. The number of halogens is 8. The molecule has 4 aliphatic rings. The minimum atomic E-state index is -5.19. The average Bonchev–Trinajstić information content (AvgIpc) is 0.809. The van der Waals surface area contributed by atoms with Gasteiger partial charge in [-0.05, 0) is 147 Å². The largest absolute Gasteiger partial charge is 0.542 e. The van der Waals surface area contributed by atoms with Crippen molar-refractivity contribution in [3.05, 3.63) is 190 Å². The maximum absolute atomic E-state index is 15.0. The first-order valence-electron chi connectivity index (χ1n) is 33.1. The zero-order valence-electron chi connectivity index (χ0n) is 57.6. The van der Waals surface area contributed by atoms with Crippen LogP contribution in [0, 0.1) is 11.6 Å². The highest BCUT2D eigenvalue weighted by Gasteiger charge is 2.38. The number of carboxylic acids is 2. The van der Waals surface area contributed by atoms with Gasteiger partial charge in [0.1, 0.15) is 23.6 Å². The van der Waals surface area contributed by atoms with E-state index in [9.17, 15) is 44.7 Å². The van der Waals surface area contributed by atoms with E-state index < -0.39 is 24.3 Å². The van der Waals surface area contributed by atoms with Gasteiger partial charge in [0.15, 0.2) is 0 Å². The first kappa shape index (κ1) is 77.7. The Morgan fingerprint density at radius 1 is 0.469 bits per heavy atom. The smallest absolute Gasteiger partial charge is 0.430 e. The second kappa shape index (κ2) is 34.4. The van der Waals surface area contributed by atoms with Crippen molar-refractivity contribution in [1.29, 1.82) is 0 Å². The SMILES string of the molecule is C[C@@H]1CN(Cc2cccc(C(=O)NCc3ccc(F)c(-c4cccc(CN5CCN[C@@H](C)C5)c4)c3)c2)[C@@H](C)C[N+]1(C)C.C[C@@H]1CN(Cc2cccc(C(=O)NCc3ccc(F)c(-c4cccc(CN5CCN[C@@H](C)C5)c4)c3)c2)[C@@H](C)C[N+]1(C)C.O=C([O-])C(F)(F)F.O=C([O-])C(F)(F)F. The summed E-state index contributed by atoms with van der Waals surface area (Å²) in [5, 5.41) is 30.6. The molecule has 16 nitrogen and oxygen atoms in total. The minimum Gasteiger partial charge on any atom is -0.542 e. The van der Waals surface area contributed by atoms with Crippen molar-refractivity contribution in [2.45, 2.75) is 129 Å². The van der Waals surface area contributed by atoms with Crippen molar-refractivity contribution in [3.63, 3.8) is 0 Å². The first-order valence-corrected chi connectivity index (χ1v) is 33.1. The summed E-state index contributed by atoms with van der Waals surface area (Å²) in [4.78, 5) is 53.7. The third kappa shape index (κ3) is 23.2. The number of carboxylic acid groups (broad SMARTS) is 2. The van der Waals surface area contributed by atoms with Crippen LogP contribution in [0.4, 0.5) is 35.1 Å². The number of nitrogens with one attached hydrogen (secondary N) is 4. The molecule has 532 valence electrons. The van der Waals surface area contributed by atoms with Crippen molar-refractivity contribution in [1.82, 2.24) is 40.9 Å². The van der Waals surface area contributed by atoms with Gasteiger partial charge in [-0.15, -0.1) is 0 Å². The monoisotopic (exact) mass is 1370 g/mol. The highest BCUT2D eigenvalue weighted by molar-refractivity contribution is 5.95. The highest BCUT2D eigenvalue weighted by Crippen LogP contribution is 2.29. The quantitative estimate of drug-likeness (QED) is 0.0539. The number of benzene rings is 6. The van der Waals surface area contributed by atoms with Crippen LogP contribution in [0.15, 0.2) is 133 Å². The van der Waals surface area contributed by atoms with E-state index in [0.717, 1.165) is 134 Å². The van der Waals surface area contributed by atoms with Gasteiger partial charge in [0, 0.05) is 113 Å². The van der Waals surface area contributed by atoms with Gasteiger partial charge >= 0.3 is 12.4 Å². The molecule has 0 saturated carbocycles. The molecule has 0 radical (unpaired) electrons. The molecule has 24 heteroatoms. The van der Waals surface area contributed by atoms with Crippen molar-refractivity contribution in [3.8, 4) is 22.3 Å². The summed E-state index contributed by atoms with van der Waals surface area (Å²) >= 11 is 0. The van der Waals surface area contributed by atoms with E-state index in [0.29, 0.717) is 71.6 Å². The average molecular weight is 1370 g/mol. The van der Waals surface area contributed by atoms with E-state index in [4.69, 9.17) is 19.8 Å². The molecule has 0 aromatic heterocycles. The fourth-order valence-corrected chi connectivity index (χ4v) is 12.8. The highest BCUT2D eigenvalue weighted by atomic mass is 19.4. The van der Waals surface area contributed by atoms with E-state index in [-0.39, 0.29) is 23.4 Å². The summed E-state index contributed by atoms with van der Waals surface area (Å²) in [6, 6.07) is 45.4. The van der Waals surface area contributed by atoms with E-state index >= 15 is 0 Å². The Kier molecular flexibility index (Phi) is 27.3. The molecule has 98 heavy (non-hydrogen) atoms. The van der Waals surface area contributed by atoms with Crippen molar-refractivity contribution >= 4 is 23.8 Å². The van der Waals surface area contributed by atoms with E-state index in [2.05, 4.69) is 147 Å². The summed E-state index contributed by atoms with van der Waals surface area (Å²) in [5.74, 6) is -6.76. The van der Waals surface area contributed by atoms with Crippen LogP contribution in [-0.2, 0) is 48.9 Å².